The Morgan fingerprint density at radius 3 is 1.79 bits per heavy atom. The van der Waals surface area contributed by atoms with Crippen LogP contribution < -0.4 is 15.0 Å². The summed E-state index contributed by atoms with van der Waals surface area (Å²) in [5.74, 6) is 0.0968. The summed E-state index contributed by atoms with van der Waals surface area (Å²) in [6.45, 7) is 13.1. The highest BCUT2D eigenvalue weighted by molar-refractivity contribution is 7.89. The summed E-state index contributed by atoms with van der Waals surface area (Å²) in [5.41, 5.74) is 6.89. The summed E-state index contributed by atoms with van der Waals surface area (Å²) in [6, 6.07) is 6.50. The summed E-state index contributed by atoms with van der Waals surface area (Å²) >= 11 is 0. The van der Waals surface area contributed by atoms with Gasteiger partial charge in [-0.05, 0) is 101 Å². The molecule has 2 N–H and O–H groups in total. The highest BCUT2D eigenvalue weighted by atomic mass is 32.2. The van der Waals surface area contributed by atoms with Gasteiger partial charge >= 0.3 is 0 Å². The number of sulfonamides is 1. The minimum absolute atomic E-state index is 0.0272. The maximum absolute atomic E-state index is 12.9. The van der Waals surface area contributed by atoms with Crippen molar-refractivity contribution in [1.29, 1.82) is 0 Å². The average molecular weight is 405 g/mol. The van der Waals surface area contributed by atoms with Crippen LogP contribution in [-0.2, 0) is 10.0 Å². The van der Waals surface area contributed by atoms with E-state index < -0.39 is 15.9 Å². The standard InChI is InChI=1S/C21H28N2O4S/c1-12(2)27-19-10-8-18(9-11-19)21(24)22-23-28(25,26)20-16(6)14(4)13(3)15(5)17(20)7/h8-12,23H,1-7H3,(H,22,24). The molecule has 0 saturated heterocycles. The summed E-state index contributed by atoms with van der Waals surface area (Å²) < 4.78 is 31.2. The molecule has 0 fully saturated rings. The minimum atomic E-state index is -3.92. The second-order valence-electron chi connectivity index (χ2n) is 7.20. The largest absolute Gasteiger partial charge is 0.491 e. The lowest BCUT2D eigenvalue weighted by Crippen LogP contribution is -2.42. The van der Waals surface area contributed by atoms with Gasteiger partial charge in [-0.15, -0.1) is 4.83 Å². The van der Waals surface area contributed by atoms with E-state index in [9.17, 15) is 13.2 Å². The third kappa shape index (κ3) is 4.54. The Balaban J connectivity index is 2.21. The van der Waals surface area contributed by atoms with E-state index in [2.05, 4.69) is 10.3 Å². The molecule has 0 saturated carbocycles. The van der Waals surface area contributed by atoms with Crippen molar-refractivity contribution >= 4 is 15.9 Å². The second kappa shape index (κ2) is 8.32. The Kier molecular flexibility index (Phi) is 6.52. The third-order valence-electron chi connectivity index (χ3n) is 4.99. The number of hydrogen-bond donors (Lipinski definition) is 2. The number of amides is 1. The summed E-state index contributed by atoms with van der Waals surface area (Å²) in [5, 5.41) is 0. The van der Waals surface area contributed by atoms with Gasteiger partial charge in [-0.25, -0.2) is 8.42 Å². The van der Waals surface area contributed by atoms with Crippen molar-refractivity contribution in [3.8, 4) is 5.75 Å². The fraction of sp³-hybridized carbons (Fsp3) is 0.381. The Hall–Kier alpha value is -2.38. The van der Waals surface area contributed by atoms with Gasteiger partial charge in [-0.2, -0.15) is 0 Å². The van der Waals surface area contributed by atoms with Crippen LogP contribution in [0.1, 0.15) is 52.0 Å². The first-order valence-corrected chi connectivity index (χ1v) is 10.6. The molecule has 0 aliphatic carbocycles. The van der Waals surface area contributed by atoms with Crippen molar-refractivity contribution in [3.05, 3.63) is 57.6 Å². The van der Waals surface area contributed by atoms with Gasteiger partial charge < -0.3 is 4.74 Å². The molecule has 28 heavy (non-hydrogen) atoms. The van der Waals surface area contributed by atoms with Crippen molar-refractivity contribution in [1.82, 2.24) is 10.3 Å². The first kappa shape index (κ1) is 21.9. The zero-order valence-electron chi connectivity index (χ0n) is 17.4. The van der Waals surface area contributed by atoms with E-state index in [-0.39, 0.29) is 11.0 Å². The van der Waals surface area contributed by atoms with E-state index >= 15 is 0 Å². The van der Waals surface area contributed by atoms with Crippen molar-refractivity contribution in [3.63, 3.8) is 0 Å². The molecular weight excluding hydrogens is 376 g/mol. The molecule has 1 amide bonds. The molecule has 152 valence electrons. The van der Waals surface area contributed by atoms with Crippen molar-refractivity contribution in [2.45, 2.75) is 59.5 Å². The van der Waals surface area contributed by atoms with Crippen LogP contribution in [0.4, 0.5) is 0 Å². The van der Waals surface area contributed by atoms with E-state index in [1.807, 2.05) is 34.6 Å². The molecule has 0 radical (unpaired) electrons. The first-order chi connectivity index (χ1) is 13.0. The van der Waals surface area contributed by atoms with Gasteiger partial charge in [0.1, 0.15) is 5.75 Å². The van der Waals surface area contributed by atoms with Gasteiger partial charge in [0.15, 0.2) is 0 Å². The monoisotopic (exact) mass is 404 g/mol. The van der Waals surface area contributed by atoms with Gasteiger partial charge in [0.25, 0.3) is 15.9 Å². The molecule has 6 nitrogen and oxygen atoms in total. The lowest BCUT2D eigenvalue weighted by atomic mass is 9.95. The molecule has 2 aromatic rings. The number of nitrogens with one attached hydrogen (secondary N) is 2. The van der Waals surface area contributed by atoms with Crippen LogP contribution in [-0.4, -0.2) is 20.4 Å². The molecule has 0 heterocycles. The van der Waals surface area contributed by atoms with Crippen LogP contribution in [0.3, 0.4) is 0 Å². The Morgan fingerprint density at radius 1 is 0.857 bits per heavy atom. The van der Waals surface area contributed by atoms with Gasteiger partial charge in [0.05, 0.1) is 11.0 Å². The smallest absolute Gasteiger partial charge is 0.266 e. The molecular formula is C21H28N2O4S. The van der Waals surface area contributed by atoms with E-state index in [0.29, 0.717) is 22.4 Å². The summed E-state index contributed by atoms with van der Waals surface area (Å²) in [6.07, 6.45) is 0.0272. The maximum atomic E-state index is 12.9. The van der Waals surface area contributed by atoms with Crippen LogP contribution in [0, 0.1) is 34.6 Å². The topological polar surface area (TPSA) is 84.5 Å². The predicted octanol–water partition coefficient (Wildman–Crippen LogP) is 3.64. The SMILES string of the molecule is Cc1c(C)c(C)c(S(=O)(=O)NNC(=O)c2ccc(OC(C)C)cc2)c(C)c1C. The van der Waals surface area contributed by atoms with Crippen LogP contribution in [0.25, 0.3) is 0 Å². The lowest BCUT2D eigenvalue weighted by molar-refractivity contribution is 0.0945. The van der Waals surface area contributed by atoms with Gasteiger partial charge in [-0.1, -0.05) is 0 Å². The molecule has 2 rings (SSSR count). The Labute approximate surface area is 167 Å². The molecule has 0 unspecified atom stereocenters. The molecule has 2 aromatic carbocycles. The number of ether oxygens (including phenoxy) is 1. The third-order valence-corrected chi connectivity index (χ3v) is 6.51. The number of hydrazine groups is 1. The van der Waals surface area contributed by atoms with E-state index in [4.69, 9.17) is 4.74 Å². The zero-order valence-corrected chi connectivity index (χ0v) is 18.2. The minimum Gasteiger partial charge on any atom is -0.491 e. The first-order valence-electron chi connectivity index (χ1n) is 9.11. The van der Waals surface area contributed by atoms with Gasteiger partial charge in [0.2, 0.25) is 0 Å². The average Bonchev–Trinajstić information content (AvgIpc) is 2.63. The number of carbonyl (C=O) groups excluding carboxylic acids is 1. The Morgan fingerprint density at radius 2 is 1.32 bits per heavy atom. The number of hydrogen-bond acceptors (Lipinski definition) is 4. The fourth-order valence-corrected chi connectivity index (χ4v) is 4.50. The second-order valence-corrected chi connectivity index (χ2v) is 8.82. The number of carbonyl (C=O) groups is 1. The normalized spacial score (nSPS) is 11.6. The quantitative estimate of drug-likeness (QED) is 0.720. The Bertz CT molecular complexity index is 965. The molecule has 0 aromatic heterocycles. The number of rotatable bonds is 6. The molecule has 0 spiro atoms. The summed E-state index contributed by atoms with van der Waals surface area (Å²) in [4.78, 5) is 14.8. The highest BCUT2D eigenvalue weighted by Crippen LogP contribution is 2.29. The van der Waals surface area contributed by atoms with Crippen molar-refractivity contribution in [2.24, 2.45) is 0 Å². The fourth-order valence-electron chi connectivity index (χ4n) is 3.06. The lowest BCUT2D eigenvalue weighted by Gasteiger charge is -2.19. The maximum Gasteiger partial charge on any atom is 0.266 e. The van der Waals surface area contributed by atoms with E-state index in [1.165, 1.54) is 0 Å². The number of benzene rings is 2. The van der Waals surface area contributed by atoms with E-state index in [1.54, 1.807) is 38.1 Å². The predicted molar refractivity (Wildman–Crippen MR) is 110 cm³/mol. The van der Waals surface area contributed by atoms with E-state index in [0.717, 1.165) is 16.7 Å². The van der Waals surface area contributed by atoms with Crippen LogP contribution in [0.5, 0.6) is 5.75 Å². The molecule has 7 heteroatoms. The highest BCUT2D eigenvalue weighted by Gasteiger charge is 2.24. The van der Waals surface area contributed by atoms with Crippen molar-refractivity contribution in [2.75, 3.05) is 0 Å². The zero-order chi connectivity index (χ0) is 21.2. The van der Waals surface area contributed by atoms with Gasteiger partial charge in [-0.3, -0.25) is 10.2 Å². The molecule has 0 aliphatic rings. The van der Waals surface area contributed by atoms with Gasteiger partial charge in [0, 0.05) is 5.56 Å². The molecule has 0 bridgehead atoms. The van der Waals surface area contributed by atoms with Crippen LogP contribution in [0.15, 0.2) is 29.2 Å². The summed E-state index contributed by atoms with van der Waals surface area (Å²) in [7, 11) is -3.92. The van der Waals surface area contributed by atoms with Crippen LogP contribution >= 0.6 is 0 Å². The van der Waals surface area contributed by atoms with Crippen molar-refractivity contribution < 1.29 is 17.9 Å². The molecule has 0 atom stereocenters. The molecule has 0 aliphatic heterocycles. The van der Waals surface area contributed by atoms with Crippen LogP contribution in [0.2, 0.25) is 0 Å².